The van der Waals surface area contributed by atoms with Gasteiger partial charge in [0.2, 0.25) is 0 Å². The lowest BCUT2D eigenvalue weighted by Gasteiger charge is -2.16. The predicted molar refractivity (Wildman–Crippen MR) is 69.7 cm³/mol. The van der Waals surface area contributed by atoms with Crippen LogP contribution in [0.4, 0.5) is 4.39 Å². The molecular weight excluding hydrogens is 251 g/mol. The van der Waals surface area contributed by atoms with E-state index in [4.69, 9.17) is 13.3 Å². The zero-order valence-corrected chi connectivity index (χ0v) is 12.1. The van der Waals surface area contributed by atoms with Crippen LogP contribution in [0.25, 0.3) is 0 Å². The van der Waals surface area contributed by atoms with Crippen LogP contribution in [0.3, 0.4) is 0 Å². The van der Waals surface area contributed by atoms with Crippen LogP contribution in [0.15, 0.2) is 24.3 Å². The van der Waals surface area contributed by atoms with Crippen LogP contribution in [0.5, 0.6) is 0 Å². The standard InChI is InChI=1S/C13H20FO3Si/c1-11(17-18(15-2)16-3)6-4-7-12-8-5-9-13(14)10-12/h5,8-11H,4,6-7H2,1-3H3. The molecule has 3 nitrogen and oxygen atoms in total. The molecule has 0 N–H and O–H groups in total. The summed E-state index contributed by atoms with van der Waals surface area (Å²) in [6.45, 7) is 1.99. The Kier molecular flexibility index (Phi) is 7.11. The number of rotatable bonds is 8. The van der Waals surface area contributed by atoms with Crippen LogP contribution in [-0.2, 0) is 19.7 Å². The third-order valence-electron chi connectivity index (χ3n) is 2.60. The van der Waals surface area contributed by atoms with Gasteiger partial charge in [-0.05, 0) is 43.9 Å². The molecule has 0 amide bonds. The molecule has 101 valence electrons. The topological polar surface area (TPSA) is 27.7 Å². The Balaban J connectivity index is 2.25. The molecule has 5 heteroatoms. The van der Waals surface area contributed by atoms with Crippen molar-refractivity contribution in [1.29, 1.82) is 0 Å². The highest BCUT2D eigenvalue weighted by Crippen LogP contribution is 2.10. The largest absolute Gasteiger partial charge is 0.577 e. The molecular formula is C13H20FO3Si. The number of hydrogen-bond donors (Lipinski definition) is 0. The van der Waals surface area contributed by atoms with Gasteiger partial charge in [-0.15, -0.1) is 0 Å². The van der Waals surface area contributed by atoms with Gasteiger partial charge >= 0.3 is 9.53 Å². The maximum absolute atomic E-state index is 13.0. The molecule has 1 aromatic rings. The number of aryl methyl sites for hydroxylation is 1. The van der Waals surface area contributed by atoms with Gasteiger partial charge < -0.3 is 13.3 Å². The Bertz CT molecular complexity index is 345. The van der Waals surface area contributed by atoms with Gasteiger partial charge in [-0.2, -0.15) is 0 Å². The highest BCUT2D eigenvalue weighted by atomic mass is 28.3. The fourth-order valence-corrected chi connectivity index (χ4v) is 2.49. The molecule has 1 aromatic carbocycles. The van der Waals surface area contributed by atoms with E-state index in [2.05, 4.69) is 0 Å². The molecule has 0 aliphatic carbocycles. The summed E-state index contributed by atoms with van der Waals surface area (Å²) in [5, 5.41) is 0. The van der Waals surface area contributed by atoms with E-state index in [-0.39, 0.29) is 11.9 Å². The number of hydrogen-bond acceptors (Lipinski definition) is 3. The average molecular weight is 271 g/mol. The normalized spacial score (nSPS) is 12.9. The molecule has 0 bridgehead atoms. The summed E-state index contributed by atoms with van der Waals surface area (Å²) in [5.41, 5.74) is 1.02. The van der Waals surface area contributed by atoms with Crippen molar-refractivity contribution >= 4 is 9.53 Å². The first-order chi connectivity index (χ1) is 8.65. The van der Waals surface area contributed by atoms with Crippen molar-refractivity contribution in [2.24, 2.45) is 0 Å². The smallest absolute Gasteiger partial charge is 0.375 e. The third kappa shape index (κ3) is 5.73. The quantitative estimate of drug-likeness (QED) is 0.680. The fourth-order valence-electron chi connectivity index (χ4n) is 1.69. The van der Waals surface area contributed by atoms with Crippen molar-refractivity contribution < 1.29 is 17.7 Å². The molecule has 1 rings (SSSR count). The first kappa shape index (κ1) is 15.3. The van der Waals surface area contributed by atoms with E-state index in [1.54, 1.807) is 26.4 Å². The van der Waals surface area contributed by atoms with Crippen molar-refractivity contribution in [3.05, 3.63) is 35.6 Å². The van der Waals surface area contributed by atoms with E-state index < -0.39 is 9.53 Å². The second-order valence-electron chi connectivity index (χ2n) is 4.11. The molecule has 0 aromatic heterocycles. The third-order valence-corrected chi connectivity index (χ3v) is 3.86. The predicted octanol–water partition coefficient (Wildman–Crippen LogP) is 2.83. The SMILES string of the molecule is CO[Si](OC)OC(C)CCCc1cccc(F)c1. The molecule has 0 saturated heterocycles. The van der Waals surface area contributed by atoms with Crippen LogP contribution in [0.2, 0.25) is 0 Å². The Hall–Kier alpha value is -0.753. The highest BCUT2D eigenvalue weighted by molar-refractivity contribution is 6.36. The van der Waals surface area contributed by atoms with Crippen molar-refractivity contribution in [1.82, 2.24) is 0 Å². The van der Waals surface area contributed by atoms with Gasteiger partial charge in [-0.1, -0.05) is 12.1 Å². The van der Waals surface area contributed by atoms with E-state index >= 15 is 0 Å². The summed E-state index contributed by atoms with van der Waals surface area (Å²) in [7, 11) is 1.58. The minimum Gasteiger partial charge on any atom is -0.375 e. The molecule has 1 radical (unpaired) electrons. The molecule has 1 unspecified atom stereocenters. The first-order valence-corrected chi connectivity index (χ1v) is 7.24. The summed E-state index contributed by atoms with van der Waals surface area (Å²) >= 11 is 0. The van der Waals surface area contributed by atoms with Gasteiger partial charge in [0.25, 0.3) is 0 Å². The van der Waals surface area contributed by atoms with E-state index in [9.17, 15) is 4.39 Å². The van der Waals surface area contributed by atoms with Crippen molar-refractivity contribution in [3.8, 4) is 0 Å². The lowest BCUT2D eigenvalue weighted by Crippen LogP contribution is -2.28. The van der Waals surface area contributed by atoms with Crippen molar-refractivity contribution in [2.45, 2.75) is 32.3 Å². The zero-order valence-electron chi connectivity index (χ0n) is 11.1. The van der Waals surface area contributed by atoms with Gasteiger partial charge in [-0.3, -0.25) is 0 Å². The van der Waals surface area contributed by atoms with E-state index in [0.717, 1.165) is 24.8 Å². The lowest BCUT2D eigenvalue weighted by atomic mass is 10.1. The van der Waals surface area contributed by atoms with E-state index in [1.165, 1.54) is 6.07 Å². The van der Waals surface area contributed by atoms with E-state index in [1.807, 2.05) is 13.0 Å². The minimum atomic E-state index is -1.58. The van der Waals surface area contributed by atoms with Crippen LogP contribution in [0.1, 0.15) is 25.3 Å². The van der Waals surface area contributed by atoms with Gasteiger partial charge in [0, 0.05) is 20.3 Å². The maximum atomic E-state index is 13.0. The summed E-state index contributed by atoms with van der Waals surface area (Å²) in [6, 6.07) is 6.71. The van der Waals surface area contributed by atoms with Gasteiger partial charge in [0.1, 0.15) is 5.82 Å². The average Bonchev–Trinajstić information content (AvgIpc) is 2.36. The first-order valence-electron chi connectivity index (χ1n) is 6.01. The number of benzene rings is 1. The Labute approximate surface area is 110 Å². The van der Waals surface area contributed by atoms with Crippen molar-refractivity contribution in [2.75, 3.05) is 14.2 Å². The Morgan fingerprint density at radius 3 is 2.61 bits per heavy atom. The summed E-state index contributed by atoms with van der Waals surface area (Å²) in [4.78, 5) is 0. The monoisotopic (exact) mass is 271 g/mol. The molecule has 0 heterocycles. The van der Waals surface area contributed by atoms with Crippen LogP contribution >= 0.6 is 0 Å². The van der Waals surface area contributed by atoms with Gasteiger partial charge in [0.15, 0.2) is 0 Å². The molecule has 1 atom stereocenters. The molecule has 0 aliphatic rings. The van der Waals surface area contributed by atoms with Gasteiger partial charge in [-0.25, -0.2) is 4.39 Å². The number of halogens is 1. The Morgan fingerprint density at radius 1 is 1.28 bits per heavy atom. The minimum absolute atomic E-state index is 0.0901. The van der Waals surface area contributed by atoms with Crippen LogP contribution in [-0.4, -0.2) is 29.9 Å². The zero-order chi connectivity index (χ0) is 13.4. The molecule has 0 fully saturated rings. The second-order valence-corrected chi connectivity index (χ2v) is 5.66. The lowest BCUT2D eigenvalue weighted by molar-refractivity contribution is 0.0897. The van der Waals surface area contributed by atoms with Gasteiger partial charge in [0.05, 0.1) is 0 Å². The van der Waals surface area contributed by atoms with Crippen LogP contribution in [0, 0.1) is 5.82 Å². The van der Waals surface area contributed by atoms with Crippen molar-refractivity contribution in [3.63, 3.8) is 0 Å². The summed E-state index contributed by atoms with van der Waals surface area (Å²) in [6.07, 6.45) is 2.80. The maximum Gasteiger partial charge on any atom is 0.577 e. The highest BCUT2D eigenvalue weighted by Gasteiger charge is 2.18. The summed E-state index contributed by atoms with van der Waals surface area (Å²) < 4.78 is 28.7. The van der Waals surface area contributed by atoms with E-state index in [0.29, 0.717) is 0 Å². The molecule has 0 saturated carbocycles. The summed E-state index contributed by atoms with van der Waals surface area (Å²) in [5.74, 6) is -0.180. The molecule has 0 aliphatic heterocycles. The molecule has 18 heavy (non-hydrogen) atoms. The Morgan fingerprint density at radius 2 is 2.00 bits per heavy atom. The van der Waals surface area contributed by atoms with Crippen LogP contribution < -0.4 is 0 Å². The fraction of sp³-hybridized carbons (Fsp3) is 0.538. The molecule has 0 spiro atoms. The second kappa shape index (κ2) is 8.37.